The van der Waals surface area contributed by atoms with Crippen molar-refractivity contribution in [2.45, 2.75) is 57.3 Å². The van der Waals surface area contributed by atoms with Gasteiger partial charge in [-0.3, -0.25) is 9.69 Å². The van der Waals surface area contributed by atoms with Gasteiger partial charge in [-0.2, -0.15) is 0 Å². The van der Waals surface area contributed by atoms with Crippen molar-refractivity contribution < 1.29 is 9.53 Å². The van der Waals surface area contributed by atoms with E-state index in [1.165, 1.54) is 12.8 Å². The Hall–Kier alpha value is -0.0700. The van der Waals surface area contributed by atoms with E-state index in [0.717, 1.165) is 32.8 Å². The van der Waals surface area contributed by atoms with Gasteiger partial charge in [0, 0.05) is 44.3 Å². The van der Waals surface area contributed by atoms with Crippen LogP contribution in [-0.4, -0.2) is 72.7 Å². The number of morpholine rings is 1. The normalized spacial score (nSPS) is 38.0. The molecular formula is C17H31Cl2N3O2. The van der Waals surface area contributed by atoms with E-state index in [-0.39, 0.29) is 30.9 Å². The monoisotopic (exact) mass is 379 g/mol. The SMILES string of the molecule is CC(C)N1CCOC(CC(=O)N2[C@@H]3CC[C@H]2[C@H]2CNC[C@H]23)C1.Cl.Cl. The molecule has 24 heavy (non-hydrogen) atoms. The van der Waals surface area contributed by atoms with Gasteiger partial charge in [0.25, 0.3) is 0 Å². The first kappa shape index (κ1) is 20.2. The van der Waals surface area contributed by atoms with E-state index in [1.54, 1.807) is 0 Å². The number of rotatable bonds is 3. The van der Waals surface area contributed by atoms with Crippen molar-refractivity contribution in [1.82, 2.24) is 15.1 Å². The van der Waals surface area contributed by atoms with Gasteiger partial charge in [0.05, 0.1) is 19.1 Å². The van der Waals surface area contributed by atoms with E-state index in [1.807, 2.05) is 0 Å². The van der Waals surface area contributed by atoms with Crippen molar-refractivity contribution in [2.24, 2.45) is 11.8 Å². The lowest BCUT2D eigenvalue weighted by atomic mass is 9.82. The topological polar surface area (TPSA) is 44.8 Å². The maximum Gasteiger partial charge on any atom is 0.225 e. The first-order chi connectivity index (χ1) is 10.6. The molecule has 0 aromatic carbocycles. The van der Waals surface area contributed by atoms with Crippen LogP contribution in [0.3, 0.4) is 0 Å². The molecule has 4 rings (SSSR count). The first-order valence-electron chi connectivity index (χ1n) is 9.02. The Kier molecular flexibility index (Phi) is 6.82. The lowest BCUT2D eigenvalue weighted by Gasteiger charge is -2.36. The number of hydrogen-bond acceptors (Lipinski definition) is 4. The lowest BCUT2D eigenvalue weighted by Crippen LogP contribution is -2.48. The van der Waals surface area contributed by atoms with Crippen molar-refractivity contribution in [2.75, 3.05) is 32.8 Å². The van der Waals surface area contributed by atoms with Crippen LogP contribution >= 0.6 is 24.8 Å². The van der Waals surface area contributed by atoms with Crippen molar-refractivity contribution in [3.63, 3.8) is 0 Å². The third kappa shape index (κ3) is 3.43. The van der Waals surface area contributed by atoms with E-state index in [9.17, 15) is 4.79 Å². The highest BCUT2D eigenvalue weighted by Gasteiger charge is 2.56. The molecule has 2 bridgehead atoms. The van der Waals surface area contributed by atoms with Crippen LogP contribution in [-0.2, 0) is 9.53 Å². The van der Waals surface area contributed by atoms with E-state index >= 15 is 0 Å². The third-order valence-corrected chi connectivity index (χ3v) is 6.36. The largest absolute Gasteiger partial charge is 0.375 e. The zero-order chi connectivity index (χ0) is 15.3. The minimum Gasteiger partial charge on any atom is -0.375 e. The molecule has 1 amide bonds. The summed E-state index contributed by atoms with van der Waals surface area (Å²) in [4.78, 5) is 17.6. The minimum atomic E-state index is 0. The van der Waals surface area contributed by atoms with Crippen LogP contribution in [0.1, 0.15) is 33.1 Å². The number of nitrogens with one attached hydrogen (secondary N) is 1. The molecule has 5 atom stereocenters. The molecule has 0 aromatic rings. The second-order valence-corrected chi connectivity index (χ2v) is 7.78. The Morgan fingerprint density at radius 3 is 2.38 bits per heavy atom. The molecule has 0 spiro atoms. The Morgan fingerprint density at radius 1 is 1.17 bits per heavy atom. The smallest absolute Gasteiger partial charge is 0.225 e. The van der Waals surface area contributed by atoms with Crippen LogP contribution < -0.4 is 5.32 Å². The van der Waals surface area contributed by atoms with Crippen LogP contribution in [0.5, 0.6) is 0 Å². The molecule has 4 aliphatic rings. The molecule has 4 aliphatic heterocycles. The fourth-order valence-electron chi connectivity index (χ4n) is 5.27. The highest BCUT2D eigenvalue weighted by Crippen LogP contribution is 2.47. The maximum atomic E-state index is 12.9. The highest BCUT2D eigenvalue weighted by atomic mass is 35.5. The van der Waals surface area contributed by atoms with E-state index in [0.29, 0.717) is 42.3 Å². The lowest BCUT2D eigenvalue weighted by molar-refractivity contribution is -0.138. The third-order valence-electron chi connectivity index (χ3n) is 6.36. The standard InChI is InChI=1S/C17H29N3O2.2ClH/c1-11(2)19-5-6-22-12(10-19)7-17(21)20-15-3-4-16(20)14-9-18-8-13(14)15;;/h11-16,18H,3-10H2,1-2H3;2*1H/t12?,13-,14+,15-,16+;;. The van der Waals surface area contributed by atoms with Crippen LogP contribution in [0.15, 0.2) is 0 Å². The number of nitrogens with zero attached hydrogens (tertiary/aromatic N) is 2. The molecule has 1 unspecified atom stereocenters. The Morgan fingerprint density at radius 2 is 1.79 bits per heavy atom. The summed E-state index contributed by atoms with van der Waals surface area (Å²) in [6.45, 7) is 9.32. The van der Waals surface area contributed by atoms with Gasteiger partial charge < -0.3 is 15.0 Å². The number of ether oxygens (including phenoxy) is 1. The molecule has 0 saturated carbocycles. The van der Waals surface area contributed by atoms with Gasteiger partial charge in [0.1, 0.15) is 0 Å². The summed E-state index contributed by atoms with van der Waals surface area (Å²) >= 11 is 0. The van der Waals surface area contributed by atoms with Crippen LogP contribution in [0, 0.1) is 11.8 Å². The summed E-state index contributed by atoms with van der Waals surface area (Å²) in [5.74, 6) is 1.77. The summed E-state index contributed by atoms with van der Waals surface area (Å²) in [6, 6.07) is 1.54. The average Bonchev–Trinajstić information content (AvgIpc) is 3.19. The van der Waals surface area contributed by atoms with Crippen molar-refractivity contribution in [3.05, 3.63) is 0 Å². The van der Waals surface area contributed by atoms with Crippen LogP contribution in [0.4, 0.5) is 0 Å². The summed E-state index contributed by atoms with van der Waals surface area (Å²) < 4.78 is 5.87. The molecule has 4 fully saturated rings. The van der Waals surface area contributed by atoms with Gasteiger partial charge in [-0.05, 0) is 38.5 Å². The average molecular weight is 380 g/mol. The van der Waals surface area contributed by atoms with Gasteiger partial charge in [-0.25, -0.2) is 0 Å². The van der Waals surface area contributed by atoms with Gasteiger partial charge in [-0.15, -0.1) is 24.8 Å². The summed E-state index contributed by atoms with van der Waals surface area (Å²) in [6.07, 6.45) is 3.08. The van der Waals surface area contributed by atoms with Gasteiger partial charge in [0.15, 0.2) is 0 Å². The molecule has 4 saturated heterocycles. The predicted octanol–water partition coefficient (Wildman–Crippen LogP) is 1.54. The first-order valence-corrected chi connectivity index (χ1v) is 9.02. The maximum absolute atomic E-state index is 12.9. The number of carbonyl (C=O) groups is 1. The Labute approximate surface area is 157 Å². The molecule has 7 heteroatoms. The zero-order valence-corrected chi connectivity index (χ0v) is 16.3. The predicted molar refractivity (Wildman–Crippen MR) is 99.1 cm³/mol. The Balaban J connectivity index is 0.00000104. The molecule has 5 nitrogen and oxygen atoms in total. The van der Waals surface area contributed by atoms with E-state index in [4.69, 9.17) is 4.74 Å². The van der Waals surface area contributed by atoms with E-state index in [2.05, 4.69) is 29.0 Å². The second-order valence-electron chi connectivity index (χ2n) is 7.78. The molecule has 1 N–H and O–H groups in total. The zero-order valence-electron chi connectivity index (χ0n) is 14.6. The van der Waals surface area contributed by atoms with Gasteiger partial charge in [-0.1, -0.05) is 0 Å². The van der Waals surface area contributed by atoms with Crippen molar-refractivity contribution in [1.29, 1.82) is 0 Å². The quantitative estimate of drug-likeness (QED) is 0.807. The Bertz CT molecular complexity index is 434. The van der Waals surface area contributed by atoms with Crippen molar-refractivity contribution in [3.8, 4) is 0 Å². The highest BCUT2D eigenvalue weighted by molar-refractivity contribution is 5.85. The fraction of sp³-hybridized carbons (Fsp3) is 0.941. The molecular weight excluding hydrogens is 349 g/mol. The molecule has 0 aromatic heterocycles. The summed E-state index contributed by atoms with van der Waals surface area (Å²) in [5, 5.41) is 3.51. The van der Waals surface area contributed by atoms with Gasteiger partial charge >= 0.3 is 0 Å². The summed E-state index contributed by atoms with van der Waals surface area (Å²) in [7, 11) is 0. The number of amides is 1. The molecule has 0 aliphatic carbocycles. The van der Waals surface area contributed by atoms with Crippen molar-refractivity contribution >= 4 is 30.7 Å². The number of hydrogen-bond donors (Lipinski definition) is 1. The minimum absolute atomic E-state index is 0. The number of carbonyl (C=O) groups excluding carboxylic acids is 1. The van der Waals surface area contributed by atoms with Crippen LogP contribution in [0.25, 0.3) is 0 Å². The molecule has 4 heterocycles. The summed E-state index contributed by atoms with van der Waals surface area (Å²) in [5.41, 5.74) is 0. The molecule has 140 valence electrons. The van der Waals surface area contributed by atoms with E-state index < -0.39 is 0 Å². The fourth-order valence-corrected chi connectivity index (χ4v) is 5.27. The second kappa shape index (κ2) is 8.09. The molecule has 0 radical (unpaired) electrons. The van der Waals surface area contributed by atoms with Gasteiger partial charge in [0.2, 0.25) is 5.91 Å². The van der Waals surface area contributed by atoms with Crippen LogP contribution in [0.2, 0.25) is 0 Å². The number of fused-ring (bicyclic) bond motifs is 5. The number of halogens is 2.